The standard InChI is InChI=1S/C14H10ClN3O4/c15-11-2-1-3-12(8-11)17-14(19)22-16-9-10-4-6-13(7-5-10)18(20)21/h1-9H,(H,17,19)/b16-9+. The lowest BCUT2D eigenvalue weighted by atomic mass is 10.2. The largest absolute Gasteiger partial charge is 0.437 e. The van der Waals surface area contributed by atoms with Crippen LogP contribution in [0.15, 0.2) is 53.7 Å². The number of benzene rings is 2. The Balaban J connectivity index is 1.89. The monoisotopic (exact) mass is 319 g/mol. The van der Waals surface area contributed by atoms with Crippen LogP contribution in [0.5, 0.6) is 0 Å². The molecule has 0 atom stereocenters. The molecule has 0 saturated heterocycles. The Morgan fingerprint density at radius 3 is 2.64 bits per heavy atom. The van der Waals surface area contributed by atoms with Crippen molar-refractivity contribution in [2.45, 2.75) is 0 Å². The van der Waals surface area contributed by atoms with Crippen LogP contribution in [0.25, 0.3) is 0 Å². The maximum Gasteiger partial charge on any atom is 0.437 e. The highest BCUT2D eigenvalue weighted by molar-refractivity contribution is 6.30. The third kappa shape index (κ3) is 4.57. The normalized spacial score (nSPS) is 10.4. The highest BCUT2D eigenvalue weighted by Crippen LogP contribution is 2.15. The van der Waals surface area contributed by atoms with E-state index in [4.69, 9.17) is 11.6 Å². The van der Waals surface area contributed by atoms with Gasteiger partial charge in [0.2, 0.25) is 0 Å². The number of carbonyl (C=O) groups is 1. The van der Waals surface area contributed by atoms with Gasteiger partial charge in [0.05, 0.1) is 11.1 Å². The number of oxime groups is 1. The van der Waals surface area contributed by atoms with Crippen LogP contribution in [0.3, 0.4) is 0 Å². The maximum atomic E-state index is 11.5. The van der Waals surface area contributed by atoms with Gasteiger partial charge in [-0.25, -0.2) is 4.79 Å². The van der Waals surface area contributed by atoms with E-state index in [1.165, 1.54) is 30.5 Å². The van der Waals surface area contributed by atoms with Crippen molar-refractivity contribution in [3.63, 3.8) is 0 Å². The Morgan fingerprint density at radius 1 is 1.27 bits per heavy atom. The number of hydrogen-bond donors (Lipinski definition) is 1. The van der Waals surface area contributed by atoms with E-state index in [0.717, 1.165) is 0 Å². The second-order valence-corrected chi connectivity index (χ2v) is 4.53. The molecule has 22 heavy (non-hydrogen) atoms. The van der Waals surface area contributed by atoms with Gasteiger partial charge in [0.25, 0.3) is 5.69 Å². The molecular weight excluding hydrogens is 310 g/mol. The molecule has 0 unspecified atom stereocenters. The second kappa shape index (κ2) is 7.19. The third-order valence-electron chi connectivity index (χ3n) is 2.51. The quantitative estimate of drug-likeness (QED) is 0.401. The summed E-state index contributed by atoms with van der Waals surface area (Å²) in [5, 5.41) is 16.9. The second-order valence-electron chi connectivity index (χ2n) is 4.10. The van der Waals surface area contributed by atoms with Crippen LogP contribution in [0.1, 0.15) is 5.56 Å². The van der Waals surface area contributed by atoms with Crippen molar-refractivity contribution < 1.29 is 14.6 Å². The summed E-state index contributed by atoms with van der Waals surface area (Å²) < 4.78 is 0. The molecular formula is C14H10ClN3O4. The van der Waals surface area contributed by atoms with Gasteiger partial charge in [0.1, 0.15) is 0 Å². The molecule has 0 heterocycles. The number of nitro groups is 1. The number of carbonyl (C=O) groups excluding carboxylic acids is 1. The first-order valence-corrected chi connectivity index (χ1v) is 6.44. The van der Waals surface area contributed by atoms with Crippen LogP contribution >= 0.6 is 11.6 Å². The van der Waals surface area contributed by atoms with Crippen LogP contribution in [-0.4, -0.2) is 17.2 Å². The molecule has 0 fully saturated rings. The minimum absolute atomic E-state index is 0.0308. The molecule has 2 aromatic carbocycles. The fourth-order valence-corrected chi connectivity index (χ4v) is 1.71. The number of halogens is 1. The molecule has 0 aliphatic carbocycles. The average molecular weight is 320 g/mol. The number of non-ortho nitro benzene ring substituents is 1. The molecule has 2 aromatic rings. The number of rotatable bonds is 4. The first kappa shape index (κ1) is 15.5. The number of amides is 1. The SMILES string of the molecule is O=C(Nc1cccc(Cl)c1)O/N=C/c1ccc([N+](=O)[O-])cc1. The summed E-state index contributed by atoms with van der Waals surface area (Å²) >= 11 is 5.78. The molecule has 0 aliphatic heterocycles. The van der Waals surface area contributed by atoms with Crippen LogP contribution in [0, 0.1) is 10.1 Å². The Kier molecular flexibility index (Phi) is 5.05. The van der Waals surface area contributed by atoms with E-state index in [2.05, 4.69) is 15.3 Å². The van der Waals surface area contributed by atoms with E-state index in [9.17, 15) is 14.9 Å². The summed E-state index contributed by atoms with van der Waals surface area (Å²) in [6, 6.07) is 12.2. The van der Waals surface area contributed by atoms with Crippen LogP contribution < -0.4 is 5.32 Å². The van der Waals surface area contributed by atoms with Crippen molar-refractivity contribution in [2.24, 2.45) is 5.16 Å². The Bertz CT molecular complexity index is 716. The molecule has 0 saturated carbocycles. The Hall–Kier alpha value is -2.93. The molecule has 0 spiro atoms. The van der Waals surface area contributed by atoms with Gasteiger partial charge in [0.15, 0.2) is 0 Å². The minimum Gasteiger partial charge on any atom is -0.298 e. The lowest BCUT2D eigenvalue weighted by molar-refractivity contribution is -0.384. The van der Waals surface area contributed by atoms with Crippen molar-refractivity contribution in [1.82, 2.24) is 0 Å². The van der Waals surface area contributed by atoms with E-state index in [1.54, 1.807) is 24.3 Å². The number of hydrogen-bond acceptors (Lipinski definition) is 5. The van der Waals surface area contributed by atoms with Gasteiger partial charge in [-0.3, -0.25) is 20.3 Å². The van der Waals surface area contributed by atoms with E-state index in [0.29, 0.717) is 16.3 Å². The van der Waals surface area contributed by atoms with Crippen LogP contribution in [-0.2, 0) is 4.84 Å². The number of nitro benzene ring substituents is 1. The zero-order valence-electron chi connectivity index (χ0n) is 11.1. The lowest BCUT2D eigenvalue weighted by Gasteiger charge is -2.02. The molecule has 1 N–H and O–H groups in total. The van der Waals surface area contributed by atoms with Gasteiger partial charge in [-0.05, 0) is 35.9 Å². The minimum atomic E-state index is -0.777. The van der Waals surface area contributed by atoms with E-state index in [1.807, 2.05) is 0 Å². The summed E-state index contributed by atoms with van der Waals surface area (Å²) in [7, 11) is 0. The van der Waals surface area contributed by atoms with Gasteiger partial charge in [-0.15, -0.1) is 0 Å². The maximum absolute atomic E-state index is 11.5. The molecule has 112 valence electrons. The molecule has 8 heteroatoms. The molecule has 2 rings (SSSR count). The van der Waals surface area contributed by atoms with Crippen LogP contribution in [0.4, 0.5) is 16.2 Å². The average Bonchev–Trinajstić information content (AvgIpc) is 2.47. The molecule has 0 aromatic heterocycles. The van der Waals surface area contributed by atoms with Crippen molar-refractivity contribution in [2.75, 3.05) is 5.32 Å². The highest BCUT2D eigenvalue weighted by atomic mass is 35.5. The first-order chi connectivity index (χ1) is 10.5. The predicted molar refractivity (Wildman–Crippen MR) is 82.2 cm³/mol. The fourth-order valence-electron chi connectivity index (χ4n) is 1.52. The van der Waals surface area contributed by atoms with Gasteiger partial charge >= 0.3 is 6.09 Å². The summed E-state index contributed by atoms with van der Waals surface area (Å²) in [4.78, 5) is 26.1. The number of nitrogens with one attached hydrogen (secondary N) is 1. The van der Waals surface area contributed by atoms with Gasteiger partial charge in [-0.1, -0.05) is 22.8 Å². The smallest absolute Gasteiger partial charge is 0.298 e. The molecule has 0 bridgehead atoms. The predicted octanol–water partition coefficient (Wildman–Crippen LogP) is 3.83. The zero-order valence-corrected chi connectivity index (χ0v) is 11.9. The summed E-state index contributed by atoms with van der Waals surface area (Å²) in [6.45, 7) is 0. The highest BCUT2D eigenvalue weighted by Gasteiger charge is 2.04. The van der Waals surface area contributed by atoms with Crippen LogP contribution in [0.2, 0.25) is 5.02 Å². The van der Waals surface area contributed by atoms with E-state index >= 15 is 0 Å². The number of anilines is 1. The first-order valence-electron chi connectivity index (χ1n) is 6.06. The lowest BCUT2D eigenvalue weighted by Crippen LogP contribution is -2.10. The number of nitrogens with zero attached hydrogens (tertiary/aromatic N) is 2. The van der Waals surface area contributed by atoms with Gasteiger partial charge in [-0.2, -0.15) is 0 Å². The molecule has 0 radical (unpaired) electrons. The fraction of sp³-hybridized carbons (Fsp3) is 0. The van der Waals surface area contributed by atoms with Crippen molar-refractivity contribution in [3.8, 4) is 0 Å². The molecule has 7 nitrogen and oxygen atoms in total. The van der Waals surface area contributed by atoms with Gasteiger partial charge < -0.3 is 0 Å². The zero-order chi connectivity index (χ0) is 15.9. The molecule has 0 aliphatic rings. The van der Waals surface area contributed by atoms with Crippen molar-refractivity contribution in [1.29, 1.82) is 0 Å². The van der Waals surface area contributed by atoms with E-state index < -0.39 is 11.0 Å². The Morgan fingerprint density at radius 2 is 2.00 bits per heavy atom. The van der Waals surface area contributed by atoms with Crippen molar-refractivity contribution in [3.05, 3.63) is 69.2 Å². The summed E-state index contributed by atoms with van der Waals surface area (Å²) in [6.07, 6.45) is 0.488. The summed E-state index contributed by atoms with van der Waals surface area (Å²) in [5.74, 6) is 0. The third-order valence-corrected chi connectivity index (χ3v) is 2.75. The van der Waals surface area contributed by atoms with E-state index in [-0.39, 0.29) is 5.69 Å². The summed E-state index contributed by atoms with van der Waals surface area (Å²) in [5.41, 5.74) is 1.00. The topological polar surface area (TPSA) is 93.8 Å². The van der Waals surface area contributed by atoms with Gasteiger partial charge in [0, 0.05) is 22.8 Å². The molecule has 1 amide bonds. The Labute approximate surface area is 130 Å². The van der Waals surface area contributed by atoms with Crippen molar-refractivity contribution >= 4 is 35.3 Å².